The number of hydrogen-bond donors (Lipinski definition) is 0. The fourth-order valence-corrected chi connectivity index (χ4v) is 0.335. The molecule has 0 aliphatic carbocycles. The summed E-state index contributed by atoms with van der Waals surface area (Å²) < 4.78 is 0. The van der Waals surface area contributed by atoms with Crippen LogP contribution < -0.4 is 0 Å². The SMILES string of the molecule is C=CCC(=C[O])C([O])=O. The Kier molecular flexibility index (Phi) is 3.20. The van der Waals surface area contributed by atoms with Gasteiger partial charge in [-0.15, -0.1) is 6.58 Å². The predicted molar refractivity (Wildman–Crippen MR) is 29.3 cm³/mol. The Bertz CT molecular complexity index is 146. The van der Waals surface area contributed by atoms with Gasteiger partial charge < -0.3 is 0 Å². The van der Waals surface area contributed by atoms with E-state index in [1.165, 1.54) is 6.08 Å². The number of rotatable bonds is 3. The van der Waals surface area contributed by atoms with Crippen molar-refractivity contribution in [3.05, 3.63) is 24.5 Å². The summed E-state index contributed by atoms with van der Waals surface area (Å²) >= 11 is 0. The van der Waals surface area contributed by atoms with E-state index in [1.54, 1.807) is 0 Å². The summed E-state index contributed by atoms with van der Waals surface area (Å²) in [7, 11) is 0. The third-order valence-electron chi connectivity index (χ3n) is 0.769. The van der Waals surface area contributed by atoms with Crippen molar-refractivity contribution in [1.82, 2.24) is 0 Å². The molecule has 3 nitrogen and oxygen atoms in total. The third kappa shape index (κ3) is 2.54. The maximum Gasteiger partial charge on any atom is 0.385 e. The lowest BCUT2D eigenvalue weighted by Gasteiger charge is -1.86. The summed E-state index contributed by atoms with van der Waals surface area (Å²) in [5.41, 5.74) is -0.273. The van der Waals surface area contributed by atoms with Gasteiger partial charge in [-0.25, -0.2) is 9.90 Å². The molecule has 9 heavy (non-hydrogen) atoms. The molecule has 0 N–H and O–H groups in total. The number of carbonyl (C=O) groups excluding carboxylic acids is 1. The molecule has 0 spiro atoms. The van der Waals surface area contributed by atoms with Crippen molar-refractivity contribution in [2.75, 3.05) is 0 Å². The van der Waals surface area contributed by atoms with Gasteiger partial charge in [-0.05, 0) is 0 Å². The van der Waals surface area contributed by atoms with Crippen molar-refractivity contribution >= 4 is 5.97 Å². The zero-order chi connectivity index (χ0) is 7.28. The van der Waals surface area contributed by atoms with E-state index < -0.39 is 5.97 Å². The molecule has 0 aromatic carbocycles. The Morgan fingerprint density at radius 2 is 2.11 bits per heavy atom. The molecule has 0 aliphatic rings. The lowest BCUT2D eigenvalue weighted by Crippen LogP contribution is -1.96. The molecule has 2 radical (unpaired) electrons. The molecule has 0 heterocycles. The standard InChI is InChI=1S/C6H6O3/c1-2-3-5(4-7)6(8)9/h2,4H,1,3H2. The summed E-state index contributed by atoms with van der Waals surface area (Å²) in [6.07, 6.45) is 1.66. The minimum Gasteiger partial charge on any atom is -0.298 e. The van der Waals surface area contributed by atoms with Crippen LogP contribution in [0.25, 0.3) is 0 Å². The summed E-state index contributed by atoms with van der Waals surface area (Å²) in [5, 5.41) is 19.7. The number of hydrogen-bond acceptors (Lipinski definition) is 1. The van der Waals surface area contributed by atoms with Crippen molar-refractivity contribution in [2.24, 2.45) is 0 Å². The average Bonchev–Trinajstić information content (AvgIpc) is 1.82. The smallest absolute Gasteiger partial charge is 0.298 e. The summed E-state index contributed by atoms with van der Waals surface area (Å²) in [6.45, 7) is 3.26. The lowest BCUT2D eigenvalue weighted by atomic mass is 10.2. The predicted octanol–water partition coefficient (Wildman–Crippen LogP) is 0.834. The van der Waals surface area contributed by atoms with Crippen LogP contribution in [0, 0.1) is 0 Å². The van der Waals surface area contributed by atoms with Gasteiger partial charge in [-0.3, -0.25) is 5.11 Å². The molecule has 0 rings (SSSR count). The van der Waals surface area contributed by atoms with E-state index >= 15 is 0 Å². The molecule has 0 atom stereocenters. The Hall–Kier alpha value is -1.25. The first-order chi connectivity index (χ1) is 4.22. The topological polar surface area (TPSA) is 56.9 Å². The van der Waals surface area contributed by atoms with Crippen LogP contribution >= 0.6 is 0 Å². The second-order valence-corrected chi connectivity index (χ2v) is 1.42. The molecule has 3 heteroatoms. The molecule has 0 fully saturated rings. The summed E-state index contributed by atoms with van der Waals surface area (Å²) in [4.78, 5) is 9.89. The molecule has 0 aromatic rings. The normalized spacial score (nSPS) is 10.9. The summed E-state index contributed by atoms with van der Waals surface area (Å²) in [6, 6.07) is 0. The molecule has 0 aliphatic heterocycles. The van der Waals surface area contributed by atoms with E-state index in [0.717, 1.165) is 0 Å². The van der Waals surface area contributed by atoms with Gasteiger partial charge in [0.05, 0.1) is 5.57 Å². The number of allylic oxidation sites excluding steroid dienone is 1. The van der Waals surface area contributed by atoms with Gasteiger partial charge >= 0.3 is 5.97 Å². The first-order valence-electron chi connectivity index (χ1n) is 2.35. The molecule has 0 saturated heterocycles. The van der Waals surface area contributed by atoms with E-state index in [2.05, 4.69) is 6.58 Å². The second kappa shape index (κ2) is 3.72. The van der Waals surface area contributed by atoms with Crippen LogP contribution in [-0.4, -0.2) is 5.97 Å². The molecule has 0 aromatic heterocycles. The highest BCUT2D eigenvalue weighted by molar-refractivity contribution is 5.86. The van der Waals surface area contributed by atoms with Crippen LogP contribution in [0.3, 0.4) is 0 Å². The van der Waals surface area contributed by atoms with E-state index in [9.17, 15) is 15.0 Å². The maximum atomic E-state index is 9.89. The van der Waals surface area contributed by atoms with Gasteiger partial charge in [-0.2, -0.15) is 0 Å². The van der Waals surface area contributed by atoms with Crippen LogP contribution in [0.15, 0.2) is 24.5 Å². The molecular weight excluding hydrogens is 120 g/mol. The van der Waals surface area contributed by atoms with Crippen molar-refractivity contribution < 1.29 is 15.0 Å². The van der Waals surface area contributed by atoms with E-state index in [4.69, 9.17) is 0 Å². The zero-order valence-corrected chi connectivity index (χ0v) is 4.79. The average molecular weight is 126 g/mol. The number of carbonyl (C=O) groups is 1. The van der Waals surface area contributed by atoms with Gasteiger partial charge in [0.2, 0.25) is 0 Å². The lowest BCUT2D eigenvalue weighted by molar-refractivity contribution is -0.138. The fourth-order valence-electron chi connectivity index (χ4n) is 0.335. The maximum absolute atomic E-state index is 9.89. The third-order valence-corrected chi connectivity index (χ3v) is 0.769. The van der Waals surface area contributed by atoms with Crippen LogP contribution in [0.1, 0.15) is 6.42 Å². The van der Waals surface area contributed by atoms with E-state index in [1.807, 2.05) is 0 Å². The largest absolute Gasteiger partial charge is 0.385 e. The minimum absolute atomic E-state index is 0.0613. The molecule has 0 saturated carbocycles. The van der Waals surface area contributed by atoms with Crippen LogP contribution in [0.5, 0.6) is 0 Å². The van der Waals surface area contributed by atoms with Gasteiger partial charge in [0, 0.05) is 6.42 Å². The monoisotopic (exact) mass is 126 g/mol. The Morgan fingerprint density at radius 1 is 1.56 bits per heavy atom. The molecular formula is C6H6O3. The highest BCUT2D eigenvalue weighted by atomic mass is 16.4. The molecule has 0 unspecified atom stereocenters. The van der Waals surface area contributed by atoms with Gasteiger partial charge in [-0.1, -0.05) is 6.08 Å². The van der Waals surface area contributed by atoms with Gasteiger partial charge in [0.25, 0.3) is 0 Å². The zero-order valence-electron chi connectivity index (χ0n) is 4.79. The van der Waals surface area contributed by atoms with Crippen molar-refractivity contribution in [1.29, 1.82) is 0 Å². The quantitative estimate of drug-likeness (QED) is 0.314. The molecule has 0 bridgehead atoms. The first-order valence-corrected chi connectivity index (χ1v) is 2.35. The second-order valence-electron chi connectivity index (χ2n) is 1.42. The van der Waals surface area contributed by atoms with Gasteiger partial charge in [0.1, 0.15) is 0 Å². The van der Waals surface area contributed by atoms with Crippen molar-refractivity contribution in [3.63, 3.8) is 0 Å². The van der Waals surface area contributed by atoms with Crippen LogP contribution in [-0.2, 0) is 15.0 Å². The van der Waals surface area contributed by atoms with E-state index in [0.29, 0.717) is 0 Å². The van der Waals surface area contributed by atoms with Gasteiger partial charge in [0.15, 0.2) is 6.26 Å². The molecule has 0 amide bonds. The Labute approximate surface area is 52.9 Å². The van der Waals surface area contributed by atoms with Crippen molar-refractivity contribution in [2.45, 2.75) is 6.42 Å². The Morgan fingerprint density at radius 3 is 2.22 bits per heavy atom. The van der Waals surface area contributed by atoms with Crippen LogP contribution in [0.2, 0.25) is 0 Å². The molecule has 48 valence electrons. The minimum atomic E-state index is -1.43. The Balaban J connectivity index is 4.00. The van der Waals surface area contributed by atoms with Crippen molar-refractivity contribution in [3.8, 4) is 0 Å². The fraction of sp³-hybridized carbons (Fsp3) is 0.167. The highest BCUT2D eigenvalue weighted by Crippen LogP contribution is 1.99. The van der Waals surface area contributed by atoms with E-state index in [-0.39, 0.29) is 18.3 Å². The summed E-state index contributed by atoms with van der Waals surface area (Å²) in [5.74, 6) is -1.43. The first kappa shape index (κ1) is 7.75. The highest BCUT2D eigenvalue weighted by Gasteiger charge is 2.06. The van der Waals surface area contributed by atoms with Crippen LogP contribution in [0.4, 0.5) is 0 Å².